The average Bonchev–Trinajstić information content (AvgIpc) is 3.57. The molecule has 2 atom stereocenters. The van der Waals surface area contributed by atoms with Gasteiger partial charge in [-0.25, -0.2) is 9.97 Å². The van der Waals surface area contributed by atoms with Crippen molar-refractivity contribution in [1.82, 2.24) is 30.2 Å². The quantitative estimate of drug-likeness (QED) is 0.194. The van der Waals surface area contributed by atoms with Crippen LogP contribution in [0.15, 0.2) is 53.3 Å². The van der Waals surface area contributed by atoms with Crippen LogP contribution in [0.5, 0.6) is 11.6 Å². The number of aromatic nitrogens is 5. The zero-order chi connectivity index (χ0) is 33.9. The Bertz CT molecular complexity index is 1740. The normalized spacial score (nSPS) is 18.9. The molecular formula is C35H43N9O5. The van der Waals surface area contributed by atoms with E-state index in [-0.39, 0.29) is 17.7 Å². The van der Waals surface area contributed by atoms with Crippen molar-refractivity contribution in [2.45, 2.75) is 51.0 Å². The van der Waals surface area contributed by atoms with Gasteiger partial charge in [0.05, 0.1) is 24.0 Å². The predicted molar refractivity (Wildman–Crippen MR) is 183 cm³/mol. The number of carboxylic acids is 1. The van der Waals surface area contributed by atoms with Crippen molar-refractivity contribution in [2.24, 2.45) is 5.92 Å². The minimum atomic E-state index is -0.926. The maximum absolute atomic E-state index is 11.5. The Morgan fingerprint density at radius 1 is 1.08 bits per heavy atom. The topological polar surface area (TPSA) is 166 Å². The van der Waals surface area contributed by atoms with Gasteiger partial charge >= 0.3 is 5.97 Å². The van der Waals surface area contributed by atoms with Crippen molar-refractivity contribution in [3.8, 4) is 22.9 Å². The van der Waals surface area contributed by atoms with E-state index in [2.05, 4.69) is 35.4 Å². The summed E-state index contributed by atoms with van der Waals surface area (Å²) in [6.45, 7) is 10.3. The van der Waals surface area contributed by atoms with Crippen LogP contribution in [0.3, 0.4) is 0 Å². The van der Waals surface area contributed by atoms with Crippen molar-refractivity contribution < 1.29 is 24.3 Å². The molecule has 4 aromatic rings. The Labute approximate surface area is 285 Å². The number of aliphatic carboxylic acids is 1. The van der Waals surface area contributed by atoms with Crippen LogP contribution in [0, 0.1) is 5.92 Å². The van der Waals surface area contributed by atoms with Gasteiger partial charge in [0.2, 0.25) is 5.95 Å². The minimum absolute atomic E-state index is 0.106. The smallest absolute Gasteiger partial charge is 0.314 e. The van der Waals surface area contributed by atoms with E-state index < -0.39 is 11.9 Å². The molecule has 3 aliphatic heterocycles. The Balaban J connectivity index is 0.869. The summed E-state index contributed by atoms with van der Waals surface area (Å²) < 4.78 is 11.0. The predicted octanol–water partition coefficient (Wildman–Crippen LogP) is 4.22. The average molecular weight is 670 g/mol. The number of phenolic OH excluding ortho intramolecular Hbond substituents is 1. The molecule has 0 radical (unpaired) electrons. The first kappa shape index (κ1) is 32.6. The fourth-order valence-electron chi connectivity index (χ4n) is 7.17. The summed E-state index contributed by atoms with van der Waals surface area (Å²) in [4.78, 5) is 28.3. The fourth-order valence-corrected chi connectivity index (χ4v) is 7.17. The summed E-state index contributed by atoms with van der Waals surface area (Å²) in [5, 5.41) is 35.9. The van der Waals surface area contributed by atoms with E-state index in [4.69, 9.17) is 19.2 Å². The highest BCUT2D eigenvalue weighted by Crippen LogP contribution is 2.36. The number of piperidine rings is 1. The van der Waals surface area contributed by atoms with Gasteiger partial charge in [0.15, 0.2) is 11.6 Å². The van der Waals surface area contributed by atoms with Gasteiger partial charge in [0.1, 0.15) is 11.7 Å². The van der Waals surface area contributed by atoms with Crippen LogP contribution in [0.25, 0.3) is 11.3 Å². The maximum atomic E-state index is 11.5. The van der Waals surface area contributed by atoms with E-state index in [1.54, 1.807) is 18.2 Å². The van der Waals surface area contributed by atoms with Crippen molar-refractivity contribution >= 4 is 23.4 Å². The molecule has 0 aliphatic carbocycles. The fraction of sp³-hybridized carbons (Fsp3) is 0.486. The number of rotatable bonds is 11. The second kappa shape index (κ2) is 14.2. The van der Waals surface area contributed by atoms with Gasteiger partial charge in [-0.2, -0.15) is 0 Å². The monoisotopic (exact) mass is 669 g/mol. The number of aromatic hydroxyl groups is 1. The minimum Gasteiger partial charge on any atom is -0.507 e. The number of para-hydroxylation sites is 1. The largest absolute Gasteiger partial charge is 0.507 e. The van der Waals surface area contributed by atoms with Crippen molar-refractivity contribution in [3.05, 3.63) is 60.1 Å². The van der Waals surface area contributed by atoms with E-state index in [0.717, 1.165) is 82.5 Å². The first-order valence-electron chi connectivity index (χ1n) is 17.1. The van der Waals surface area contributed by atoms with Gasteiger partial charge in [-0.1, -0.05) is 26.0 Å². The number of phenols is 1. The number of anilines is 3. The molecule has 2 saturated heterocycles. The van der Waals surface area contributed by atoms with Gasteiger partial charge in [-0.3, -0.25) is 4.79 Å². The number of likely N-dealkylation sites (tertiary alicyclic amines) is 1. The summed E-state index contributed by atoms with van der Waals surface area (Å²) in [5.41, 5.74) is 3.51. The summed E-state index contributed by atoms with van der Waals surface area (Å²) in [5.74, 6) is 1.04. The third-order valence-electron chi connectivity index (χ3n) is 9.87. The van der Waals surface area contributed by atoms with Gasteiger partial charge in [0.25, 0.3) is 5.88 Å². The molecule has 3 aromatic heterocycles. The van der Waals surface area contributed by atoms with Crippen molar-refractivity contribution in [2.75, 3.05) is 67.5 Å². The highest BCUT2D eigenvalue weighted by atomic mass is 16.5. The summed E-state index contributed by atoms with van der Waals surface area (Å²) in [6.07, 6.45) is 6.97. The molecule has 0 amide bonds. The van der Waals surface area contributed by atoms with Gasteiger partial charge in [0, 0.05) is 56.7 Å². The SMILES string of the molecule is CC(C)C(C(=O)O)c1cc(OCCCN2CCC(c3cnc(N4CCN5c6cc(-c7ccccc7O)nnc6NC[C@H]5C4)nc3)CC2)no1. The third-order valence-corrected chi connectivity index (χ3v) is 9.87. The lowest BCUT2D eigenvalue weighted by Crippen LogP contribution is -2.58. The number of carboxylic acid groups (broad SMARTS) is 1. The number of hydrogen-bond donors (Lipinski definition) is 3. The Kier molecular flexibility index (Phi) is 9.47. The molecule has 2 fully saturated rings. The molecule has 14 heteroatoms. The second-order valence-corrected chi connectivity index (χ2v) is 13.4. The number of carbonyl (C=O) groups is 1. The molecule has 0 saturated carbocycles. The second-order valence-electron chi connectivity index (χ2n) is 13.4. The number of benzene rings is 1. The molecule has 3 N–H and O–H groups in total. The first-order chi connectivity index (χ1) is 23.8. The molecule has 6 heterocycles. The Morgan fingerprint density at radius 3 is 2.63 bits per heavy atom. The van der Waals surface area contributed by atoms with Gasteiger partial charge in [-0.05, 0) is 73.1 Å². The summed E-state index contributed by atoms with van der Waals surface area (Å²) >= 11 is 0. The number of hydrogen-bond acceptors (Lipinski definition) is 13. The molecule has 0 spiro atoms. The van der Waals surface area contributed by atoms with E-state index in [0.29, 0.717) is 35.4 Å². The van der Waals surface area contributed by atoms with E-state index in [1.807, 2.05) is 44.4 Å². The summed E-state index contributed by atoms with van der Waals surface area (Å²) in [6, 6.07) is 11.0. The molecular weight excluding hydrogens is 626 g/mol. The van der Waals surface area contributed by atoms with Crippen molar-refractivity contribution in [1.29, 1.82) is 0 Å². The van der Waals surface area contributed by atoms with Crippen LogP contribution < -0.4 is 19.9 Å². The zero-order valence-electron chi connectivity index (χ0n) is 27.9. The molecule has 1 unspecified atom stereocenters. The lowest BCUT2D eigenvalue weighted by Gasteiger charge is -2.45. The van der Waals surface area contributed by atoms with Crippen LogP contribution in [0.4, 0.5) is 17.5 Å². The van der Waals surface area contributed by atoms with Gasteiger partial charge < -0.3 is 39.5 Å². The highest BCUT2D eigenvalue weighted by molar-refractivity contribution is 5.77. The van der Waals surface area contributed by atoms with E-state index >= 15 is 0 Å². The number of nitrogens with one attached hydrogen (secondary N) is 1. The van der Waals surface area contributed by atoms with E-state index in [9.17, 15) is 15.0 Å². The molecule has 49 heavy (non-hydrogen) atoms. The van der Waals surface area contributed by atoms with Crippen molar-refractivity contribution in [3.63, 3.8) is 0 Å². The van der Waals surface area contributed by atoms with Crippen LogP contribution in [-0.2, 0) is 4.79 Å². The number of piperazine rings is 1. The van der Waals surface area contributed by atoms with E-state index in [1.165, 1.54) is 5.56 Å². The molecule has 1 aromatic carbocycles. The number of fused-ring (bicyclic) bond motifs is 3. The number of ether oxygens (including phenoxy) is 1. The Hall–Kier alpha value is -4.98. The molecule has 7 rings (SSSR count). The lowest BCUT2D eigenvalue weighted by atomic mass is 9.91. The molecule has 0 bridgehead atoms. The molecule has 14 nitrogen and oxygen atoms in total. The van der Waals surface area contributed by atoms with Crippen LogP contribution >= 0.6 is 0 Å². The van der Waals surface area contributed by atoms with Crippen LogP contribution in [0.2, 0.25) is 0 Å². The summed E-state index contributed by atoms with van der Waals surface area (Å²) in [7, 11) is 0. The lowest BCUT2D eigenvalue weighted by molar-refractivity contribution is -0.140. The Morgan fingerprint density at radius 2 is 1.88 bits per heavy atom. The molecule has 3 aliphatic rings. The van der Waals surface area contributed by atoms with Crippen LogP contribution in [-0.4, -0.2) is 105 Å². The standard InChI is InChI=1S/C35H43N9O5/c1-22(2)32(34(46)47)30-17-31(41-49-30)48-15-5-10-42-11-8-23(9-12-42)24-18-37-35(38-19-24)43-13-14-44-25(21-43)20-36-33-28(44)16-27(39-40-33)26-6-3-4-7-29(26)45/h3-4,6-7,16-19,22-23,25,32,45H,5,8-15,20-21H2,1-2H3,(H,36,40)(H,46,47)/t25-,32?/m0/s1. The third kappa shape index (κ3) is 7.09. The first-order valence-corrected chi connectivity index (χ1v) is 17.1. The maximum Gasteiger partial charge on any atom is 0.314 e. The number of nitrogens with zero attached hydrogens (tertiary/aromatic N) is 8. The van der Waals surface area contributed by atoms with Crippen LogP contribution in [0.1, 0.15) is 56.3 Å². The molecule has 258 valence electrons. The highest BCUT2D eigenvalue weighted by Gasteiger charge is 2.34. The van der Waals surface area contributed by atoms with Gasteiger partial charge in [-0.15, -0.1) is 10.2 Å². The zero-order valence-corrected chi connectivity index (χ0v) is 27.9.